The molecule has 2 amide bonds. The highest BCUT2D eigenvalue weighted by atomic mass is 32.1. The molecule has 1 fully saturated rings. The second-order valence-electron chi connectivity index (χ2n) is 8.17. The van der Waals surface area contributed by atoms with Gasteiger partial charge in [0.2, 0.25) is 5.91 Å². The third-order valence-electron chi connectivity index (χ3n) is 5.64. The van der Waals surface area contributed by atoms with E-state index in [-0.39, 0.29) is 11.8 Å². The fourth-order valence-electron chi connectivity index (χ4n) is 3.77. The van der Waals surface area contributed by atoms with Gasteiger partial charge in [-0.1, -0.05) is 12.5 Å². The van der Waals surface area contributed by atoms with Gasteiger partial charge in [0.25, 0.3) is 5.91 Å². The number of carboxylic acid groups (broad SMARTS) is 1. The lowest BCUT2D eigenvalue weighted by atomic mass is 9.98. The first kappa shape index (κ1) is 26.3. The Morgan fingerprint density at radius 2 is 2.00 bits per heavy atom. The summed E-state index contributed by atoms with van der Waals surface area (Å²) in [7, 11) is 0. The number of hydrogen-bond acceptors (Lipinski definition) is 8. The first-order valence-electron chi connectivity index (χ1n) is 11.6. The third-order valence-corrected chi connectivity index (χ3v) is 6.63. The Kier molecular flexibility index (Phi) is 10.2. The van der Waals surface area contributed by atoms with E-state index in [9.17, 15) is 19.2 Å². The van der Waals surface area contributed by atoms with Gasteiger partial charge >= 0.3 is 5.97 Å². The van der Waals surface area contributed by atoms with Crippen LogP contribution in [0.1, 0.15) is 46.8 Å². The number of amides is 2. The predicted octanol–water partition coefficient (Wildman–Crippen LogP) is 1.82. The Morgan fingerprint density at radius 1 is 1.20 bits per heavy atom. The van der Waals surface area contributed by atoms with Crippen LogP contribution in [0.15, 0.2) is 35.8 Å². The number of ether oxygens (including phenoxy) is 1. The molecule has 3 heterocycles. The molecule has 0 aromatic carbocycles. The highest BCUT2D eigenvalue weighted by molar-refractivity contribution is 7.10. The smallest absolute Gasteiger partial charge is 0.305 e. The van der Waals surface area contributed by atoms with Gasteiger partial charge in [0.15, 0.2) is 0 Å². The fraction of sp³-hybridized carbons (Fsp3) is 0.458. The van der Waals surface area contributed by atoms with Gasteiger partial charge in [-0.3, -0.25) is 14.4 Å². The Bertz CT molecular complexity index is 976. The second-order valence-corrected chi connectivity index (χ2v) is 9.15. The number of nitrogens with one attached hydrogen (secondary N) is 2. The molecule has 1 aliphatic rings. The number of unbranched alkanes of at least 4 members (excludes halogenated alkanes) is 1. The van der Waals surface area contributed by atoms with Crippen molar-refractivity contribution in [3.8, 4) is 0 Å². The fourth-order valence-corrected chi connectivity index (χ4v) is 4.63. The molecular weight excluding hydrogens is 472 g/mol. The first-order valence-corrected chi connectivity index (χ1v) is 12.4. The minimum absolute atomic E-state index is 0.207. The molecule has 2 atom stereocenters. The maximum absolute atomic E-state index is 12.7. The lowest BCUT2D eigenvalue weighted by molar-refractivity contribution is -0.138. The third kappa shape index (κ3) is 8.15. The Labute approximate surface area is 207 Å². The summed E-state index contributed by atoms with van der Waals surface area (Å²) in [6, 6.07) is 6.21. The van der Waals surface area contributed by atoms with Crippen molar-refractivity contribution in [3.63, 3.8) is 0 Å². The number of aliphatic carboxylic acids is 1. The molecule has 35 heavy (non-hydrogen) atoms. The van der Waals surface area contributed by atoms with Gasteiger partial charge in [-0.25, -0.2) is 4.98 Å². The molecule has 1 aliphatic heterocycles. The Morgan fingerprint density at radius 3 is 2.63 bits per heavy atom. The van der Waals surface area contributed by atoms with Gasteiger partial charge in [0.05, 0.1) is 37.2 Å². The van der Waals surface area contributed by atoms with Crippen molar-refractivity contribution in [1.82, 2.24) is 15.6 Å². The van der Waals surface area contributed by atoms with E-state index in [4.69, 9.17) is 9.84 Å². The molecule has 1 saturated heterocycles. The molecular formula is C24H30N4O6S. The lowest BCUT2D eigenvalue weighted by Gasteiger charge is -2.27. The summed E-state index contributed by atoms with van der Waals surface area (Å²) < 4.78 is 5.34. The molecule has 11 heteroatoms. The van der Waals surface area contributed by atoms with E-state index in [2.05, 4.69) is 20.5 Å². The van der Waals surface area contributed by atoms with E-state index in [1.54, 1.807) is 12.3 Å². The van der Waals surface area contributed by atoms with Gasteiger partial charge < -0.3 is 30.2 Å². The van der Waals surface area contributed by atoms with Crippen molar-refractivity contribution in [3.05, 3.63) is 46.3 Å². The average Bonchev–Trinajstić information content (AvgIpc) is 3.40. The summed E-state index contributed by atoms with van der Waals surface area (Å²) in [4.78, 5) is 54.6. The number of carboxylic acids is 1. The zero-order valence-corrected chi connectivity index (χ0v) is 20.2. The molecule has 2 aromatic rings. The molecule has 2 aromatic heterocycles. The molecule has 0 aliphatic carbocycles. The number of pyridine rings is 1. The van der Waals surface area contributed by atoms with Crippen LogP contribution in [0.5, 0.6) is 0 Å². The van der Waals surface area contributed by atoms with Crippen LogP contribution in [0.4, 0.5) is 5.82 Å². The van der Waals surface area contributed by atoms with Gasteiger partial charge in [0, 0.05) is 30.7 Å². The van der Waals surface area contributed by atoms with Gasteiger partial charge in [-0.05, 0) is 36.4 Å². The normalized spacial score (nSPS) is 15.1. The number of aromatic nitrogens is 1. The molecule has 188 valence electrons. The summed E-state index contributed by atoms with van der Waals surface area (Å²) in [6.07, 6.45) is 3.38. The van der Waals surface area contributed by atoms with Crippen molar-refractivity contribution < 1.29 is 29.0 Å². The molecule has 0 bridgehead atoms. The minimum atomic E-state index is -1.16. The number of anilines is 1. The largest absolute Gasteiger partial charge is 0.481 e. The molecule has 0 saturated carbocycles. The van der Waals surface area contributed by atoms with Crippen LogP contribution in [0.2, 0.25) is 0 Å². The van der Waals surface area contributed by atoms with Crippen LogP contribution in [-0.2, 0) is 19.1 Å². The van der Waals surface area contributed by atoms with Crippen LogP contribution < -0.4 is 15.5 Å². The van der Waals surface area contributed by atoms with Crippen molar-refractivity contribution in [2.24, 2.45) is 0 Å². The maximum atomic E-state index is 12.7. The van der Waals surface area contributed by atoms with E-state index in [1.165, 1.54) is 11.3 Å². The zero-order valence-electron chi connectivity index (χ0n) is 19.4. The van der Waals surface area contributed by atoms with E-state index in [0.29, 0.717) is 50.9 Å². The molecule has 0 radical (unpaired) electrons. The number of rotatable bonds is 13. The monoisotopic (exact) mass is 502 g/mol. The zero-order chi connectivity index (χ0) is 25.0. The number of carbonyl (C=O) groups is 4. The van der Waals surface area contributed by atoms with Crippen molar-refractivity contribution >= 4 is 41.2 Å². The number of aldehydes is 1. The van der Waals surface area contributed by atoms with E-state index >= 15 is 0 Å². The molecule has 3 rings (SSSR count). The molecule has 3 N–H and O–H groups in total. The second kappa shape index (κ2) is 13.5. The summed E-state index contributed by atoms with van der Waals surface area (Å²) >= 11 is 1.43. The van der Waals surface area contributed by atoms with Crippen LogP contribution in [0.3, 0.4) is 0 Å². The first-order chi connectivity index (χ1) is 17.0. The van der Waals surface area contributed by atoms with E-state index in [0.717, 1.165) is 23.8 Å². The van der Waals surface area contributed by atoms with E-state index < -0.39 is 24.3 Å². The van der Waals surface area contributed by atoms with Gasteiger partial charge in [-0.2, -0.15) is 0 Å². The summed E-state index contributed by atoms with van der Waals surface area (Å²) in [5.74, 6) is -1.40. The Hall–Kier alpha value is -3.31. The molecule has 2 unspecified atom stereocenters. The number of carbonyl (C=O) groups excluding carboxylic acids is 3. The van der Waals surface area contributed by atoms with E-state index in [1.807, 2.05) is 23.6 Å². The van der Waals surface area contributed by atoms with Crippen molar-refractivity contribution in [1.29, 1.82) is 0 Å². The van der Waals surface area contributed by atoms with Gasteiger partial charge in [0.1, 0.15) is 12.1 Å². The van der Waals surface area contributed by atoms with Gasteiger partial charge in [-0.15, -0.1) is 11.3 Å². The summed E-state index contributed by atoms with van der Waals surface area (Å²) in [5.41, 5.74) is 0.483. The minimum Gasteiger partial charge on any atom is -0.481 e. The number of nitrogens with zero attached hydrogens (tertiary/aromatic N) is 2. The highest BCUT2D eigenvalue weighted by Crippen LogP contribution is 2.26. The number of thiophene rings is 1. The highest BCUT2D eigenvalue weighted by Gasteiger charge is 2.24. The van der Waals surface area contributed by atoms with Crippen molar-refractivity contribution in [2.75, 3.05) is 37.7 Å². The van der Waals surface area contributed by atoms with Crippen LogP contribution >= 0.6 is 11.3 Å². The SMILES string of the molecule is O=CC(CC(=O)O)NC(=O)C(CCCCNC(=O)c1ccc(N2CCOCC2)nc1)c1cccs1. The molecule has 10 nitrogen and oxygen atoms in total. The summed E-state index contributed by atoms with van der Waals surface area (Å²) in [5, 5.41) is 16.2. The summed E-state index contributed by atoms with van der Waals surface area (Å²) in [6.45, 7) is 3.33. The van der Waals surface area contributed by atoms with Crippen molar-refractivity contribution in [2.45, 2.75) is 37.6 Å². The Balaban J connectivity index is 1.44. The van der Waals surface area contributed by atoms with Crippen LogP contribution in [0, 0.1) is 0 Å². The topological polar surface area (TPSA) is 138 Å². The predicted molar refractivity (Wildman–Crippen MR) is 131 cm³/mol. The molecule has 0 spiro atoms. The van der Waals surface area contributed by atoms with Crippen LogP contribution in [0.25, 0.3) is 0 Å². The van der Waals surface area contributed by atoms with Crippen LogP contribution in [-0.4, -0.2) is 73.1 Å². The standard InChI is InChI=1S/C24H30N4O6S/c29-16-18(14-22(30)31)27-24(33)19(20-5-3-13-35-20)4-1-2-8-25-23(32)17-6-7-21(26-15-17)28-9-11-34-12-10-28/h3,5-7,13,15-16,18-19H,1-2,4,8-12,14H2,(H,25,32)(H,27,33)(H,30,31). The number of hydrogen-bond donors (Lipinski definition) is 3. The number of morpholine rings is 1. The quantitative estimate of drug-likeness (QED) is 0.279. The maximum Gasteiger partial charge on any atom is 0.305 e. The average molecular weight is 503 g/mol. The lowest BCUT2D eigenvalue weighted by Crippen LogP contribution is -2.40.